The number of carbonyl (C=O) groups excluding carboxylic acids is 2. The maximum absolute atomic E-state index is 11.6. The summed E-state index contributed by atoms with van der Waals surface area (Å²) in [6, 6.07) is 16.5. The molecule has 138 valence electrons. The lowest BCUT2D eigenvalue weighted by Gasteiger charge is -2.13. The number of rotatable bonds is 7. The summed E-state index contributed by atoms with van der Waals surface area (Å²) in [6.45, 7) is 3.80. The summed E-state index contributed by atoms with van der Waals surface area (Å²) < 4.78 is 0. The number of amides is 1. The number of aryl methyl sites for hydroxylation is 1. The van der Waals surface area contributed by atoms with Gasteiger partial charge in [-0.25, -0.2) is 4.79 Å². The smallest absolute Gasteiger partial charge is 0.336 e. The molecule has 0 aliphatic heterocycles. The van der Waals surface area contributed by atoms with E-state index < -0.39 is 17.8 Å². The molecule has 0 aromatic heterocycles. The van der Waals surface area contributed by atoms with E-state index in [1.54, 1.807) is 13.0 Å². The van der Waals surface area contributed by atoms with Crippen molar-refractivity contribution in [3.05, 3.63) is 71.3 Å². The van der Waals surface area contributed by atoms with Crippen LogP contribution in [0.1, 0.15) is 54.1 Å². The second-order valence-electron chi connectivity index (χ2n) is 5.78. The Morgan fingerprint density at radius 2 is 1.54 bits per heavy atom. The van der Waals surface area contributed by atoms with E-state index in [1.165, 1.54) is 36.6 Å². The number of carboxylic acid groups (broad SMARTS) is 1. The quantitative estimate of drug-likeness (QED) is 0.742. The molecule has 5 heteroatoms. The van der Waals surface area contributed by atoms with Crippen molar-refractivity contribution in [1.29, 1.82) is 0 Å². The van der Waals surface area contributed by atoms with Gasteiger partial charge in [-0.2, -0.15) is 0 Å². The molecule has 2 rings (SSSR count). The molecule has 26 heavy (non-hydrogen) atoms. The molecule has 0 heterocycles. The maximum Gasteiger partial charge on any atom is 0.336 e. The van der Waals surface area contributed by atoms with Crippen molar-refractivity contribution < 1.29 is 19.5 Å². The maximum atomic E-state index is 11.6. The van der Waals surface area contributed by atoms with Gasteiger partial charge in [0.15, 0.2) is 0 Å². The topological polar surface area (TPSA) is 97.5 Å². The van der Waals surface area contributed by atoms with E-state index in [9.17, 15) is 14.4 Å². The molecule has 0 aliphatic rings. The highest BCUT2D eigenvalue weighted by Crippen LogP contribution is 2.22. The zero-order valence-corrected chi connectivity index (χ0v) is 15.1. The van der Waals surface area contributed by atoms with E-state index in [1.807, 2.05) is 0 Å². The fourth-order valence-corrected chi connectivity index (χ4v) is 2.57. The minimum Gasteiger partial charge on any atom is -0.478 e. The molecule has 0 spiro atoms. The van der Waals surface area contributed by atoms with Crippen molar-refractivity contribution in [3.63, 3.8) is 0 Å². The van der Waals surface area contributed by atoms with Gasteiger partial charge in [-0.15, -0.1) is 0 Å². The first-order valence-corrected chi connectivity index (χ1v) is 8.60. The lowest BCUT2D eigenvalue weighted by Crippen LogP contribution is -2.29. The monoisotopic (exact) mass is 355 g/mol. The molecule has 1 atom stereocenters. The Morgan fingerprint density at radius 1 is 0.962 bits per heavy atom. The summed E-state index contributed by atoms with van der Waals surface area (Å²) >= 11 is 0. The highest BCUT2D eigenvalue weighted by Gasteiger charge is 2.28. The van der Waals surface area contributed by atoms with Crippen molar-refractivity contribution in [2.45, 2.75) is 39.0 Å². The van der Waals surface area contributed by atoms with Crippen LogP contribution < -0.4 is 5.73 Å². The Morgan fingerprint density at radius 3 is 2.04 bits per heavy atom. The number of ketones is 1. The van der Waals surface area contributed by atoms with Crippen LogP contribution in [-0.2, 0) is 16.0 Å². The zero-order chi connectivity index (χ0) is 19.5. The van der Waals surface area contributed by atoms with Crippen LogP contribution in [0.25, 0.3) is 0 Å². The molecule has 0 aliphatic carbocycles. The molecule has 0 radical (unpaired) electrons. The van der Waals surface area contributed by atoms with Crippen LogP contribution >= 0.6 is 0 Å². The highest BCUT2D eigenvalue weighted by molar-refractivity contribution is 6.08. The van der Waals surface area contributed by atoms with Crippen LogP contribution in [0.15, 0.2) is 54.6 Å². The van der Waals surface area contributed by atoms with Gasteiger partial charge < -0.3 is 10.8 Å². The fourth-order valence-electron chi connectivity index (χ4n) is 2.57. The van der Waals surface area contributed by atoms with E-state index in [0.29, 0.717) is 0 Å². The summed E-state index contributed by atoms with van der Waals surface area (Å²) in [4.78, 5) is 33.9. The lowest BCUT2D eigenvalue weighted by molar-refractivity contribution is -0.128. The number of carbonyl (C=O) groups is 3. The van der Waals surface area contributed by atoms with Gasteiger partial charge in [0.05, 0.1) is 5.56 Å². The third kappa shape index (κ3) is 6.16. The first-order chi connectivity index (χ1) is 12.4. The van der Waals surface area contributed by atoms with Crippen LogP contribution in [0.5, 0.6) is 0 Å². The van der Waals surface area contributed by atoms with Gasteiger partial charge in [0.1, 0.15) is 11.7 Å². The lowest BCUT2D eigenvalue weighted by atomic mass is 9.89. The minimum atomic E-state index is -1.19. The van der Waals surface area contributed by atoms with Gasteiger partial charge in [-0.3, -0.25) is 9.59 Å². The Hall–Kier alpha value is -2.95. The molecular weight excluding hydrogens is 330 g/mol. The number of benzene rings is 2. The van der Waals surface area contributed by atoms with E-state index in [4.69, 9.17) is 10.8 Å². The zero-order valence-electron chi connectivity index (χ0n) is 15.1. The molecule has 0 saturated heterocycles. The molecule has 1 unspecified atom stereocenters. The third-order valence-corrected chi connectivity index (χ3v) is 3.84. The van der Waals surface area contributed by atoms with Crippen molar-refractivity contribution in [2.75, 3.05) is 0 Å². The van der Waals surface area contributed by atoms with Gasteiger partial charge in [-0.1, -0.05) is 68.8 Å². The SMILES string of the molecule is CCC(=O)C(C(N)=O)c1ccccc1C(=O)O.CCCc1ccccc1. The standard InChI is InChI=1S/C12H13NO4.C9H12/c1-2-9(14)10(11(13)15)7-5-3-4-6-8(7)12(16)17;1-2-6-9-7-4-3-5-8-9/h3-6,10H,2H2,1H3,(H2,13,15)(H,16,17);3-5,7-8H,2,6H2,1H3. The predicted octanol–water partition coefficient (Wildman–Crippen LogP) is 3.57. The van der Waals surface area contributed by atoms with Crippen LogP contribution in [0.3, 0.4) is 0 Å². The van der Waals surface area contributed by atoms with Crippen LogP contribution in [-0.4, -0.2) is 22.8 Å². The average molecular weight is 355 g/mol. The van der Waals surface area contributed by atoms with Gasteiger partial charge in [0.25, 0.3) is 0 Å². The molecule has 0 saturated carbocycles. The summed E-state index contributed by atoms with van der Waals surface area (Å²) in [6.07, 6.45) is 2.58. The molecular formula is C21H25NO4. The molecule has 2 aromatic rings. The number of hydrogen-bond donors (Lipinski definition) is 2. The minimum absolute atomic E-state index is 0.0712. The fraction of sp³-hybridized carbons (Fsp3) is 0.286. The molecule has 5 nitrogen and oxygen atoms in total. The molecule has 0 fully saturated rings. The number of Topliss-reactive ketones (excluding diaryl/α,β-unsaturated/α-hetero) is 1. The van der Waals surface area contributed by atoms with E-state index in [-0.39, 0.29) is 23.3 Å². The van der Waals surface area contributed by atoms with E-state index >= 15 is 0 Å². The molecule has 2 aromatic carbocycles. The average Bonchev–Trinajstić information content (AvgIpc) is 2.63. The predicted molar refractivity (Wildman–Crippen MR) is 101 cm³/mol. The van der Waals surface area contributed by atoms with Crippen molar-refractivity contribution in [1.82, 2.24) is 0 Å². The summed E-state index contributed by atoms with van der Waals surface area (Å²) in [5.74, 6) is -3.58. The van der Waals surface area contributed by atoms with Gasteiger partial charge in [0.2, 0.25) is 5.91 Å². The number of hydrogen-bond acceptors (Lipinski definition) is 3. The summed E-state index contributed by atoms with van der Waals surface area (Å²) in [7, 11) is 0. The van der Waals surface area contributed by atoms with Crippen molar-refractivity contribution >= 4 is 17.7 Å². The molecule has 3 N–H and O–H groups in total. The van der Waals surface area contributed by atoms with Crippen LogP contribution in [0.2, 0.25) is 0 Å². The van der Waals surface area contributed by atoms with E-state index in [0.717, 1.165) is 0 Å². The van der Waals surface area contributed by atoms with Crippen LogP contribution in [0, 0.1) is 0 Å². The second kappa shape index (κ2) is 10.8. The highest BCUT2D eigenvalue weighted by atomic mass is 16.4. The number of nitrogens with two attached hydrogens (primary N) is 1. The Balaban J connectivity index is 0.000000314. The van der Waals surface area contributed by atoms with Crippen molar-refractivity contribution in [2.24, 2.45) is 5.73 Å². The first kappa shape index (κ1) is 21.1. The largest absolute Gasteiger partial charge is 0.478 e. The third-order valence-electron chi connectivity index (χ3n) is 3.84. The van der Waals surface area contributed by atoms with E-state index in [2.05, 4.69) is 37.3 Å². The second-order valence-corrected chi connectivity index (χ2v) is 5.78. The number of primary amides is 1. The van der Waals surface area contributed by atoms with Gasteiger partial charge >= 0.3 is 5.97 Å². The summed E-state index contributed by atoms with van der Waals surface area (Å²) in [5, 5.41) is 8.99. The molecule has 0 bridgehead atoms. The number of carboxylic acids is 1. The van der Waals surface area contributed by atoms with Gasteiger partial charge in [-0.05, 0) is 23.6 Å². The Bertz CT molecular complexity index is 741. The Labute approximate surface area is 153 Å². The normalized spacial score (nSPS) is 11.0. The van der Waals surface area contributed by atoms with Crippen molar-refractivity contribution in [3.8, 4) is 0 Å². The van der Waals surface area contributed by atoms with Gasteiger partial charge in [0, 0.05) is 6.42 Å². The van der Waals surface area contributed by atoms with Crippen LogP contribution in [0.4, 0.5) is 0 Å². The Kier molecular flexibility index (Phi) is 8.78. The number of aromatic carboxylic acids is 1. The first-order valence-electron chi connectivity index (χ1n) is 8.60. The summed E-state index contributed by atoms with van der Waals surface area (Å²) in [5.41, 5.74) is 6.69. The molecule has 1 amide bonds.